The summed E-state index contributed by atoms with van der Waals surface area (Å²) in [6, 6.07) is 5.06. The molecule has 0 saturated carbocycles. The van der Waals surface area contributed by atoms with Crippen molar-refractivity contribution in [3.05, 3.63) is 39.7 Å². The summed E-state index contributed by atoms with van der Waals surface area (Å²) in [7, 11) is 3.24. The van der Waals surface area contributed by atoms with Gasteiger partial charge >= 0.3 is 0 Å². The second kappa shape index (κ2) is 8.56. The molecule has 9 nitrogen and oxygen atoms in total. The van der Waals surface area contributed by atoms with Crippen molar-refractivity contribution >= 4 is 29.4 Å². The van der Waals surface area contributed by atoms with Crippen LogP contribution in [0.1, 0.15) is 30.4 Å². The fourth-order valence-electron chi connectivity index (χ4n) is 3.25. The summed E-state index contributed by atoms with van der Waals surface area (Å²) < 4.78 is 12.4. The molecule has 1 aromatic carbocycles. The molecular weight excluding hydrogens is 396 g/mol. The van der Waals surface area contributed by atoms with E-state index in [1.807, 2.05) is 6.92 Å². The minimum Gasteiger partial charge on any atom is -0.493 e. The Balaban J connectivity index is 2.07. The molecule has 0 fully saturated rings. The number of hydrogen-bond acceptors (Lipinski definition) is 7. The molecule has 2 aromatic rings. The van der Waals surface area contributed by atoms with Gasteiger partial charge in [0.1, 0.15) is 5.82 Å². The van der Waals surface area contributed by atoms with Gasteiger partial charge in [0.25, 0.3) is 11.5 Å². The number of amides is 2. The molecule has 1 atom stereocenters. The highest BCUT2D eigenvalue weighted by atomic mass is 32.2. The number of fused-ring (bicyclic) bond motifs is 1. The van der Waals surface area contributed by atoms with Gasteiger partial charge in [-0.2, -0.15) is 4.98 Å². The zero-order chi connectivity index (χ0) is 21.1. The molecule has 0 spiro atoms. The number of hydrogen-bond donors (Lipinski definition) is 2. The number of methoxy groups -OCH3 is 1. The van der Waals surface area contributed by atoms with Crippen molar-refractivity contribution in [1.29, 1.82) is 0 Å². The summed E-state index contributed by atoms with van der Waals surface area (Å²) in [5.41, 5.74) is 5.89. The van der Waals surface area contributed by atoms with Gasteiger partial charge in [0, 0.05) is 19.4 Å². The summed E-state index contributed by atoms with van der Waals surface area (Å²) in [5.74, 6) is 0.643. The van der Waals surface area contributed by atoms with Crippen LogP contribution in [0.15, 0.2) is 28.2 Å². The van der Waals surface area contributed by atoms with Crippen molar-refractivity contribution < 1.29 is 19.1 Å². The Hall–Kier alpha value is -3.01. The lowest BCUT2D eigenvalue weighted by Gasteiger charge is -2.27. The van der Waals surface area contributed by atoms with Crippen LogP contribution in [-0.2, 0) is 16.6 Å². The second-order valence-corrected chi connectivity index (χ2v) is 7.66. The lowest BCUT2D eigenvalue weighted by Crippen LogP contribution is -2.33. The molecule has 3 N–H and O–H groups in total. The number of rotatable bonds is 7. The van der Waals surface area contributed by atoms with Gasteiger partial charge in [-0.15, -0.1) is 0 Å². The van der Waals surface area contributed by atoms with Crippen LogP contribution in [-0.4, -0.2) is 40.8 Å². The van der Waals surface area contributed by atoms with E-state index in [-0.39, 0.29) is 24.5 Å². The standard InChI is InChI=1S/C19H22N4O5S/c1-4-29-19-22-18(26)16-11(8-15(25)21-17(16)23(19)2)10-5-6-12(13(7-10)27-3)28-9-14(20)24/h5-7,11H,4,8-9H2,1-3H3,(H2,20,24)(H,21,25)/t11-/m0/s1. The highest BCUT2D eigenvalue weighted by molar-refractivity contribution is 7.99. The molecule has 10 heteroatoms. The first-order chi connectivity index (χ1) is 13.8. The van der Waals surface area contributed by atoms with Gasteiger partial charge < -0.3 is 25.1 Å². The van der Waals surface area contributed by atoms with Gasteiger partial charge in [0.15, 0.2) is 23.3 Å². The van der Waals surface area contributed by atoms with Crippen molar-refractivity contribution in [1.82, 2.24) is 9.55 Å². The van der Waals surface area contributed by atoms with Crippen LogP contribution in [0, 0.1) is 0 Å². The second-order valence-electron chi connectivity index (χ2n) is 6.42. The first kappa shape index (κ1) is 20.7. The van der Waals surface area contributed by atoms with Crippen LogP contribution in [0.3, 0.4) is 0 Å². The normalized spacial score (nSPS) is 15.4. The molecule has 1 aliphatic heterocycles. The predicted molar refractivity (Wildman–Crippen MR) is 109 cm³/mol. The van der Waals surface area contributed by atoms with E-state index >= 15 is 0 Å². The summed E-state index contributed by atoms with van der Waals surface area (Å²) in [5, 5.41) is 3.35. The number of nitrogens with one attached hydrogen (secondary N) is 1. The zero-order valence-electron chi connectivity index (χ0n) is 16.4. The summed E-state index contributed by atoms with van der Waals surface area (Å²) >= 11 is 1.43. The summed E-state index contributed by atoms with van der Waals surface area (Å²) in [6.45, 7) is 1.68. The number of nitrogens with zero attached hydrogens (tertiary/aromatic N) is 2. The zero-order valence-corrected chi connectivity index (χ0v) is 17.2. The highest BCUT2D eigenvalue weighted by Gasteiger charge is 2.32. The van der Waals surface area contributed by atoms with Gasteiger partial charge in [0.2, 0.25) is 5.91 Å². The predicted octanol–water partition coefficient (Wildman–Crippen LogP) is 1.24. The van der Waals surface area contributed by atoms with Gasteiger partial charge in [-0.05, 0) is 23.4 Å². The number of thioether (sulfide) groups is 1. The van der Waals surface area contributed by atoms with Crippen molar-refractivity contribution in [2.24, 2.45) is 12.8 Å². The van der Waals surface area contributed by atoms with Gasteiger partial charge in [-0.25, -0.2) is 0 Å². The maximum absolute atomic E-state index is 12.8. The Morgan fingerprint density at radius 2 is 2.14 bits per heavy atom. The first-order valence-electron chi connectivity index (χ1n) is 8.98. The third-order valence-electron chi connectivity index (χ3n) is 4.53. The van der Waals surface area contributed by atoms with Crippen LogP contribution in [0.25, 0.3) is 0 Å². The Labute approximate surface area is 171 Å². The topological polar surface area (TPSA) is 126 Å². The van der Waals surface area contributed by atoms with E-state index in [2.05, 4.69) is 10.3 Å². The van der Waals surface area contributed by atoms with Crippen LogP contribution in [0.5, 0.6) is 11.5 Å². The molecule has 29 heavy (non-hydrogen) atoms. The summed E-state index contributed by atoms with van der Waals surface area (Å²) in [4.78, 5) is 40.4. The molecule has 0 radical (unpaired) electrons. The number of carbonyl (C=O) groups is 2. The van der Waals surface area contributed by atoms with E-state index in [0.29, 0.717) is 33.6 Å². The number of benzene rings is 1. The molecule has 0 saturated heterocycles. The van der Waals surface area contributed by atoms with E-state index in [1.54, 1.807) is 29.8 Å². The molecule has 2 heterocycles. The van der Waals surface area contributed by atoms with Crippen LogP contribution in [0.4, 0.5) is 5.82 Å². The van der Waals surface area contributed by atoms with E-state index in [9.17, 15) is 14.4 Å². The molecule has 0 bridgehead atoms. The number of carbonyl (C=O) groups excluding carboxylic acids is 2. The smallest absolute Gasteiger partial charge is 0.279 e. The molecule has 0 aliphatic carbocycles. The van der Waals surface area contributed by atoms with Gasteiger partial charge in [-0.3, -0.25) is 14.4 Å². The van der Waals surface area contributed by atoms with Gasteiger partial charge in [-0.1, -0.05) is 24.8 Å². The Kier molecular flexibility index (Phi) is 6.12. The maximum atomic E-state index is 12.8. The fourth-order valence-corrected chi connectivity index (χ4v) is 3.94. The number of primary amides is 1. The average molecular weight is 418 g/mol. The lowest BCUT2D eigenvalue weighted by molar-refractivity contribution is -0.120. The van der Waals surface area contributed by atoms with Crippen molar-refractivity contribution in [3.8, 4) is 11.5 Å². The van der Waals surface area contributed by atoms with Crippen molar-refractivity contribution in [2.45, 2.75) is 24.4 Å². The Morgan fingerprint density at radius 3 is 2.79 bits per heavy atom. The summed E-state index contributed by atoms with van der Waals surface area (Å²) in [6.07, 6.45) is 0.106. The molecule has 1 aliphatic rings. The van der Waals surface area contributed by atoms with Crippen LogP contribution < -0.4 is 26.1 Å². The third kappa shape index (κ3) is 4.21. The molecule has 1 aromatic heterocycles. The largest absolute Gasteiger partial charge is 0.493 e. The molecule has 2 amide bonds. The Bertz CT molecular complexity index is 1020. The fraction of sp³-hybridized carbons (Fsp3) is 0.368. The molecule has 154 valence electrons. The minimum atomic E-state index is -0.607. The van der Waals surface area contributed by atoms with E-state index < -0.39 is 11.8 Å². The third-order valence-corrected chi connectivity index (χ3v) is 5.45. The quantitative estimate of drug-likeness (QED) is 0.512. The monoisotopic (exact) mass is 418 g/mol. The first-order valence-corrected chi connectivity index (χ1v) is 9.96. The number of ether oxygens (including phenoxy) is 2. The van der Waals surface area contributed by atoms with E-state index in [0.717, 1.165) is 5.75 Å². The Morgan fingerprint density at radius 1 is 1.38 bits per heavy atom. The lowest BCUT2D eigenvalue weighted by atomic mass is 9.86. The van der Waals surface area contributed by atoms with Crippen molar-refractivity contribution in [2.75, 3.05) is 24.8 Å². The number of nitrogens with two attached hydrogens (primary N) is 1. The van der Waals surface area contributed by atoms with Crippen molar-refractivity contribution in [3.63, 3.8) is 0 Å². The van der Waals surface area contributed by atoms with Crippen LogP contribution >= 0.6 is 11.8 Å². The van der Waals surface area contributed by atoms with E-state index in [1.165, 1.54) is 18.9 Å². The maximum Gasteiger partial charge on any atom is 0.279 e. The SMILES string of the molecule is CCSc1nc(=O)c2c(n1C)NC(=O)C[C@H]2c1ccc(OCC(N)=O)c(OC)c1. The minimum absolute atomic E-state index is 0.106. The average Bonchev–Trinajstić information content (AvgIpc) is 2.69. The molecule has 3 rings (SSSR count). The number of anilines is 1. The van der Waals surface area contributed by atoms with Gasteiger partial charge in [0.05, 0.1) is 12.7 Å². The molecule has 0 unspecified atom stereocenters. The highest BCUT2D eigenvalue weighted by Crippen LogP contribution is 2.39. The number of aromatic nitrogens is 2. The van der Waals surface area contributed by atoms with E-state index in [4.69, 9.17) is 15.2 Å². The molecular formula is C19H22N4O5S. The van der Waals surface area contributed by atoms with Crippen LogP contribution in [0.2, 0.25) is 0 Å².